The zero-order valence-electron chi connectivity index (χ0n) is 9.99. The molecular formula is C11H20O4S. The van der Waals surface area contributed by atoms with Crippen LogP contribution in [-0.2, 0) is 19.4 Å². The van der Waals surface area contributed by atoms with Crippen molar-refractivity contribution in [2.45, 2.75) is 44.6 Å². The molecule has 16 heavy (non-hydrogen) atoms. The second-order valence-electron chi connectivity index (χ2n) is 4.44. The highest BCUT2D eigenvalue weighted by molar-refractivity contribution is 7.90. The molecule has 1 fully saturated rings. The summed E-state index contributed by atoms with van der Waals surface area (Å²) in [5, 5.41) is 0. The summed E-state index contributed by atoms with van der Waals surface area (Å²) in [6.45, 7) is 2.37. The largest absolute Gasteiger partial charge is 0.368 e. The average Bonchev–Trinajstić information content (AvgIpc) is 2.63. The highest BCUT2D eigenvalue weighted by Gasteiger charge is 2.41. The fourth-order valence-electron chi connectivity index (χ4n) is 2.23. The number of sulfone groups is 1. The molecule has 0 atom stereocenters. The monoisotopic (exact) mass is 248 g/mol. The Morgan fingerprint density at radius 1 is 1.31 bits per heavy atom. The van der Waals surface area contributed by atoms with E-state index in [-0.39, 0.29) is 18.0 Å². The van der Waals surface area contributed by atoms with Gasteiger partial charge in [-0.15, -0.1) is 0 Å². The summed E-state index contributed by atoms with van der Waals surface area (Å²) in [6, 6.07) is 0. The number of ketones is 1. The summed E-state index contributed by atoms with van der Waals surface area (Å²) < 4.78 is 27.6. The van der Waals surface area contributed by atoms with Gasteiger partial charge >= 0.3 is 0 Å². The van der Waals surface area contributed by atoms with Crippen LogP contribution < -0.4 is 0 Å². The molecule has 0 spiro atoms. The molecule has 0 amide bonds. The summed E-state index contributed by atoms with van der Waals surface area (Å²) in [4.78, 5) is 12.0. The summed E-state index contributed by atoms with van der Waals surface area (Å²) >= 11 is 0. The van der Waals surface area contributed by atoms with Gasteiger partial charge in [0.1, 0.15) is 15.4 Å². The number of carbonyl (C=O) groups excluding carboxylic acids is 1. The number of Topliss-reactive ketones (excluding diaryl/α,β-unsaturated/α-hetero) is 1. The van der Waals surface area contributed by atoms with Crippen LogP contribution in [0.5, 0.6) is 0 Å². The Morgan fingerprint density at radius 2 is 1.88 bits per heavy atom. The maximum absolute atomic E-state index is 12.0. The Hall–Kier alpha value is -0.420. The SMILES string of the molecule is CCOC1(C(=O)CCS(C)(=O)=O)CCCC1. The number of hydrogen-bond donors (Lipinski definition) is 0. The van der Waals surface area contributed by atoms with Crippen molar-refractivity contribution in [2.24, 2.45) is 0 Å². The molecule has 0 radical (unpaired) electrons. The molecule has 1 aliphatic carbocycles. The molecule has 1 aliphatic rings. The predicted octanol–water partition coefficient (Wildman–Crippen LogP) is 1.34. The predicted molar refractivity (Wildman–Crippen MR) is 62.2 cm³/mol. The van der Waals surface area contributed by atoms with E-state index in [4.69, 9.17) is 4.74 Å². The fraction of sp³-hybridized carbons (Fsp3) is 0.909. The number of hydrogen-bond acceptors (Lipinski definition) is 4. The van der Waals surface area contributed by atoms with Crippen LogP contribution in [0, 0.1) is 0 Å². The van der Waals surface area contributed by atoms with Crippen molar-refractivity contribution < 1.29 is 17.9 Å². The second-order valence-corrected chi connectivity index (χ2v) is 6.70. The van der Waals surface area contributed by atoms with Gasteiger partial charge in [-0.05, 0) is 32.6 Å². The zero-order chi connectivity index (χ0) is 12.2. The van der Waals surface area contributed by atoms with Crippen molar-refractivity contribution in [1.29, 1.82) is 0 Å². The molecule has 0 aromatic carbocycles. The van der Waals surface area contributed by atoms with Gasteiger partial charge in [-0.25, -0.2) is 8.42 Å². The molecule has 0 N–H and O–H groups in total. The summed E-state index contributed by atoms with van der Waals surface area (Å²) in [5.41, 5.74) is -0.681. The third-order valence-electron chi connectivity index (χ3n) is 3.04. The molecule has 0 saturated heterocycles. The lowest BCUT2D eigenvalue weighted by Crippen LogP contribution is -2.39. The number of rotatable bonds is 6. The van der Waals surface area contributed by atoms with E-state index < -0.39 is 15.4 Å². The number of carbonyl (C=O) groups is 1. The zero-order valence-corrected chi connectivity index (χ0v) is 10.8. The van der Waals surface area contributed by atoms with E-state index in [1.807, 2.05) is 6.92 Å². The summed E-state index contributed by atoms with van der Waals surface area (Å²) in [5.74, 6) is -0.113. The Labute approximate surface area is 97.3 Å². The van der Waals surface area contributed by atoms with Gasteiger partial charge in [-0.2, -0.15) is 0 Å². The van der Waals surface area contributed by atoms with Crippen molar-refractivity contribution in [3.8, 4) is 0 Å². The summed E-state index contributed by atoms with van der Waals surface area (Å²) in [6.07, 6.45) is 4.70. The Kier molecular flexibility index (Phi) is 4.50. The third kappa shape index (κ3) is 3.56. The first-order valence-electron chi connectivity index (χ1n) is 5.74. The molecule has 0 aromatic rings. The van der Waals surface area contributed by atoms with Gasteiger partial charge in [0.05, 0.1) is 5.75 Å². The van der Waals surface area contributed by atoms with Crippen molar-refractivity contribution in [2.75, 3.05) is 18.6 Å². The topological polar surface area (TPSA) is 60.4 Å². The van der Waals surface area contributed by atoms with Gasteiger partial charge in [0.15, 0.2) is 5.78 Å². The first kappa shape index (κ1) is 13.6. The van der Waals surface area contributed by atoms with Crippen LogP contribution in [0.25, 0.3) is 0 Å². The average molecular weight is 248 g/mol. The molecule has 0 aromatic heterocycles. The van der Waals surface area contributed by atoms with Gasteiger partial charge in [-0.3, -0.25) is 4.79 Å². The molecule has 1 rings (SSSR count). The van der Waals surface area contributed by atoms with Gasteiger partial charge < -0.3 is 4.74 Å². The molecule has 1 saturated carbocycles. The van der Waals surface area contributed by atoms with E-state index in [0.29, 0.717) is 6.61 Å². The maximum atomic E-state index is 12.0. The minimum absolute atomic E-state index is 0.0442. The van der Waals surface area contributed by atoms with Gasteiger partial charge in [0.2, 0.25) is 0 Å². The van der Waals surface area contributed by atoms with Crippen LogP contribution in [0.15, 0.2) is 0 Å². The molecule has 5 heteroatoms. The number of ether oxygens (including phenoxy) is 1. The Morgan fingerprint density at radius 3 is 2.31 bits per heavy atom. The highest BCUT2D eigenvalue weighted by Crippen LogP contribution is 2.34. The lowest BCUT2D eigenvalue weighted by molar-refractivity contribution is -0.143. The quantitative estimate of drug-likeness (QED) is 0.711. The molecule has 0 heterocycles. The van der Waals surface area contributed by atoms with Gasteiger partial charge in [0.25, 0.3) is 0 Å². The van der Waals surface area contributed by atoms with E-state index >= 15 is 0 Å². The van der Waals surface area contributed by atoms with E-state index in [1.165, 1.54) is 0 Å². The van der Waals surface area contributed by atoms with Crippen LogP contribution in [0.1, 0.15) is 39.0 Å². The molecule has 4 nitrogen and oxygen atoms in total. The van der Waals surface area contributed by atoms with E-state index in [0.717, 1.165) is 31.9 Å². The van der Waals surface area contributed by atoms with E-state index in [1.54, 1.807) is 0 Å². The van der Waals surface area contributed by atoms with Crippen molar-refractivity contribution in [1.82, 2.24) is 0 Å². The third-order valence-corrected chi connectivity index (χ3v) is 3.99. The lowest BCUT2D eigenvalue weighted by Gasteiger charge is -2.27. The standard InChI is InChI=1S/C11H20O4S/c1-3-15-11(7-4-5-8-11)10(12)6-9-16(2,13)14/h3-9H2,1-2H3. The lowest BCUT2D eigenvalue weighted by atomic mass is 9.94. The van der Waals surface area contributed by atoms with Gasteiger partial charge in [0, 0.05) is 19.3 Å². The molecule has 0 unspecified atom stereocenters. The molecule has 94 valence electrons. The minimum atomic E-state index is -3.07. The van der Waals surface area contributed by atoms with Crippen LogP contribution >= 0.6 is 0 Å². The normalized spacial score (nSPS) is 19.9. The fourth-order valence-corrected chi connectivity index (χ4v) is 2.79. The van der Waals surface area contributed by atoms with Crippen LogP contribution in [0.3, 0.4) is 0 Å². The van der Waals surface area contributed by atoms with Crippen molar-refractivity contribution >= 4 is 15.6 Å². The van der Waals surface area contributed by atoms with Crippen molar-refractivity contribution in [3.63, 3.8) is 0 Å². The van der Waals surface area contributed by atoms with Crippen LogP contribution in [0.4, 0.5) is 0 Å². The smallest absolute Gasteiger partial charge is 0.165 e. The second kappa shape index (κ2) is 5.27. The van der Waals surface area contributed by atoms with E-state index in [2.05, 4.69) is 0 Å². The Bertz CT molecular complexity index is 339. The highest BCUT2D eigenvalue weighted by atomic mass is 32.2. The van der Waals surface area contributed by atoms with Crippen molar-refractivity contribution in [3.05, 3.63) is 0 Å². The maximum Gasteiger partial charge on any atom is 0.165 e. The molecular weight excluding hydrogens is 228 g/mol. The summed E-state index contributed by atoms with van der Waals surface area (Å²) in [7, 11) is -3.07. The molecule has 0 bridgehead atoms. The van der Waals surface area contributed by atoms with Gasteiger partial charge in [-0.1, -0.05) is 0 Å². The molecule has 0 aliphatic heterocycles. The first-order valence-corrected chi connectivity index (χ1v) is 7.81. The van der Waals surface area contributed by atoms with Crippen LogP contribution in [0.2, 0.25) is 0 Å². The Balaban J connectivity index is 2.62. The van der Waals surface area contributed by atoms with E-state index in [9.17, 15) is 13.2 Å². The first-order chi connectivity index (χ1) is 7.40. The minimum Gasteiger partial charge on any atom is -0.368 e. The van der Waals surface area contributed by atoms with Crippen LogP contribution in [-0.4, -0.2) is 38.4 Å².